The molecular weight excluding hydrogens is 164 g/mol. The zero-order valence-corrected chi connectivity index (χ0v) is 6.95. The van der Waals surface area contributed by atoms with Crippen LogP contribution in [0.1, 0.15) is 5.69 Å². The largest absolute Gasteiger partial charge is 0.485 e. The van der Waals surface area contributed by atoms with E-state index in [-0.39, 0.29) is 0 Å². The Morgan fingerprint density at radius 2 is 2.31 bits per heavy atom. The van der Waals surface area contributed by atoms with Crippen molar-refractivity contribution in [2.45, 2.75) is 6.61 Å². The minimum Gasteiger partial charge on any atom is -0.485 e. The van der Waals surface area contributed by atoms with Gasteiger partial charge in [-0.1, -0.05) is 0 Å². The molecule has 0 radical (unpaired) electrons. The SMILES string of the molecule is c1cc2c(cn1)OCc1[nH]ccc1-2. The van der Waals surface area contributed by atoms with Crippen molar-refractivity contribution in [1.82, 2.24) is 9.97 Å². The topological polar surface area (TPSA) is 37.9 Å². The Morgan fingerprint density at radius 3 is 3.31 bits per heavy atom. The molecule has 1 N–H and O–H groups in total. The quantitative estimate of drug-likeness (QED) is 0.659. The lowest BCUT2D eigenvalue weighted by atomic mass is 10.1. The van der Waals surface area contributed by atoms with Gasteiger partial charge in [0.2, 0.25) is 0 Å². The Balaban J connectivity index is 2.30. The average molecular weight is 172 g/mol. The van der Waals surface area contributed by atoms with Gasteiger partial charge in [0.05, 0.1) is 11.9 Å². The molecule has 0 aliphatic carbocycles. The number of aromatic nitrogens is 2. The highest BCUT2D eigenvalue weighted by atomic mass is 16.5. The summed E-state index contributed by atoms with van der Waals surface area (Å²) in [5, 5.41) is 0. The van der Waals surface area contributed by atoms with Crippen molar-refractivity contribution < 1.29 is 4.74 Å². The van der Waals surface area contributed by atoms with Gasteiger partial charge in [-0.3, -0.25) is 4.98 Å². The molecule has 1 aliphatic rings. The van der Waals surface area contributed by atoms with Gasteiger partial charge in [0, 0.05) is 23.5 Å². The molecule has 0 fully saturated rings. The minimum atomic E-state index is 0.612. The molecule has 0 aromatic carbocycles. The number of hydrogen-bond donors (Lipinski definition) is 1. The summed E-state index contributed by atoms with van der Waals surface area (Å²) in [5.41, 5.74) is 3.49. The number of nitrogens with zero attached hydrogens (tertiary/aromatic N) is 1. The zero-order valence-electron chi connectivity index (χ0n) is 6.95. The van der Waals surface area contributed by atoms with E-state index >= 15 is 0 Å². The maximum atomic E-state index is 5.51. The highest BCUT2D eigenvalue weighted by Crippen LogP contribution is 2.35. The van der Waals surface area contributed by atoms with E-state index in [2.05, 4.69) is 16.0 Å². The molecule has 2 aromatic rings. The molecule has 1 aliphatic heterocycles. The second kappa shape index (κ2) is 2.36. The summed E-state index contributed by atoms with van der Waals surface area (Å²) >= 11 is 0. The van der Waals surface area contributed by atoms with Gasteiger partial charge in [-0.2, -0.15) is 0 Å². The summed E-state index contributed by atoms with van der Waals surface area (Å²) in [5.74, 6) is 0.870. The van der Waals surface area contributed by atoms with E-state index in [1.165, 1.54) is 5.56 Å². The Morgan fingerprint density at radius 1 is 1.31 bits per heavy atom. The van der Waals surface area contributed by atoms with Gasteiger partial charge in [0.1, 0.15) is 12.4 Å². The van der Waals surface area contributed by atoms with Crippen LogP contribution in [0.25, 0.3) is 11.1 Å². The van der Waals surface area contributed by atoms with E-state index in [4.69, 9.17) is 4.74 Å². The standard InChI is InChI=1S/C10H8N2O/c1-3-11-5-10-8(1)7-2-4-12-9(7)6-13-10/h1-5,12H,6H2. The predicted octanol–water partition coefficient (Wildman–Crippen LogP) is 1.97. The van der Waals surface area contributed by atoms with Gasteiger partial charge < -0.3 is 9.72 Å². The van der Waals surface area contributed by atoms with Gasteiger partial charge in [-0.25, -0.2) is 0 Å². The number of ether oxygens (including phenoxy) is 1. The van der Waals surface area contributed by atoms with Gasteiger partial charge in [0.15, 0.2) is 0 Å². The van der Waals surface area contributed by atoms with Crippen LogP contribution in [0.5, 0.6) is 5.75 Å². The third kappa shape index (κ3) is 0.869. The fraction of sp³-hybridized carbons (Fsp3) is 0.100. The van der Waals surface area contributed by atoms with E-state index in [0.717, 1.165) is 17.0 Å². The highest BCUT2D eigenvalue weighted by Gasteiger charge is 2.16. The number of hydrogen-bond acceptors (Lipinski definition) is 2. The van der Waals surface area contributed by atoms with Crippen LogP contribution in [-0.4, -0.2) is 9.97 Å². The molecule has 0 bridgehead atoms. The molecule has 0 spiro atoms. The molecular formula is C10H8N2O. The third-order valence-electron chi connectivity index (χ3n) is 2.28. The molecule has 3 nitrogen and oxygen atoms in total. The van der Waals surface area contributed by atoms with Crippen molar-refractivity contribution in [1.29, 1.82) is 0 Å². The third-order valence-corrected chi connectivity index (χ3v) is 2.28. The van der Waals surface area contributed by atoms with Crippen molar-refractivity contribution in [2.24, 2.45) is 0 Å². The number of nitrogens with one attached hydrogen (secondary N) is 1. The second-order valence-corrected chi connectivity index (χ2v) is 3.03. The Hall–Kier alpha value is -1.77. The lowest BCUT2D eigenvalue weighted by molar-refractivity contribution is 0.297. The molecule has 13 heavy (non-hydrogen) atoms. The number of fused-ring (bicyclic) bond motifs is 3. The number of H-pyrrole nitrogens is 1. The van der Waals surface area contributed by atoms with E-state index in [1.54, 1.807) is 12.4 Å². The fourth-order valence-corrected chi connectivity index (χ4v) is 1.64. The lowest BCUT2D eigenvalue weighted by Crippen LogP contribution is -2.04. The highest BCUT2D eigenvalue weighted by molar-refractivity contribution is 5.73. The van der Waals surface area contributed by atoms with E-state index < -0.39 is 0 Å². The van der Waals surface area contributed by atoms with E-state index in [1.807, 2.05) is 12.3 Å². The van der Waals surface area contributed by atoms with Gasteiger partial charge >= 0.3 is 0 Å². The predicted molar refractivity (Wildman–Crippen MR) is 48.4 cm³/mol. The zero-order chi connectivity index (χ0) is 8.67. The molecule has 0 amide bonds. The Kier molecular flexibility index (Phi) is 1.22. The van der Waals surface area contributed by atoms with Crippen LogP contribution in [0.2, 0.25) is 0 Å². The van der Waals surface area contributed by atoms with Gasteiger partial charge in [0.25, 0.3) is 0 Å². The average Bonchev–Trinajstić information content (AvgIpc) is 2.65. The normalized spacial score (nSPS) is 12.9. The maximum Gasteiger partial charge on any atom is 0.146 e. The second-order valence-electron chi connectivity index (χ2n) is 3.03. The molecule has 64 valence electrons. The monoisotopic (exact) mass is 172 g/mol. The molecule has 0 atom stereocenters. The van der Waals surface area contributed by atoms with Crippen molar-refractivity contribution in [3.05, 3.63) is 36.4 Å². The van der Waals surface area contributed by atoms with E-state index in [9.17, 15) is 0 Å². The fourth-order valence-electron chi connectivity index (χ4n) is 1.64. The summed E-state index contributed by atoms with van der Waals surface area (Å²) < 4.78 is 5.51. The van der Waals surface area contributed by atoms with Crippen LogP contribution < -0.4 is 4.74 Å². The van der Waals surface area contributed by atoms with Crippen LogP contribution >= 0.6 is 0 Å². The van der Waals surface area contributed by atoms with Crippen LogP contribution in [0.15, 0.2) is 30.7 Å². The van der Waals surface area contributed by atoms with Crippen molar-refractivity contribution in [3.63, 3.8) is 0 Å². The molecule has 0 saturated carbocycles. The van der Waals surface area contributed by atoms with Crippen LogP contribution in [0, 0.1) is 0 Å². The summed E-state index contributed by atoms with van der Waals surface area (Å²) in [6, 6.07) is 4.04. The summed E-state index contributed by atoms with van der Waals surface area (Å²) in [4.78, 5) is 7.17. The van der Waals surface area contributed by atoms with Crippen LogP contribution in [-0.2, 0) is 6.61 Å². The van der Waals surface area contributed by atoms with Crippen molar-refractivity contribution in [3.8, 4) is 16.9 Å². The summed E-state index contributed by atoms with van der Waals surface area (Å²) in [6.45, 7) is 0.612. The molecule has 0 unspecified atom stereocenters. The first kappa shape index (κ1) is 6.71. The number of rotatable bonds is 0. The molecule has 3 heteroatoms. The van der Waals surface area contributed by atoms with Crippen molar-refractivity contribution >= 4 is 0 Å². The van der Waals surface area contributed by atoms with Crippen LogP contribution in [0.4, 0.5) is 0 Å². The minimum absolute atomic E-state index is 0.612. The molecule has 2 aromatic heterocycles. The van der Waals surface area contributed by atoms with Crippen molar-refractivity contribution in [2.75, 3.05) is 0 Å². The first-order chi connectivity index (χ1) is 6.45. The number of pyridine rings is 1. The first-order valence-corrected chi connectivity index (χ1v) is 4.18. The van der Waals surface area contributed by atoms with E-state index in [0.29, 0.717) is 6.61 Å². The van der Waals surface area contributed by atoms with Gasteiger partial charge in [-0.15, -0.1) is 0 Å². The maximum absolute atomic E-state index is 5.51. The molecule has 0 saturated heterocycles. The smallest absolute Gasteiger partial charge is 0.146 e. The first-order valence-electron chi connectivity index (χ1n) is 4.18. The van der Waals surface area contributed by atoms with Gasteiger partial charge in [-0.05, 0) is 12.1 Å². The number of aromatic amines is 1. The molecule has 3 heterocycles. The Labute approximate surface area is 75.4 Å². The summed E-state index contributed by atoms with van der Waals surface area (Å²) in [7, 11) is 0. The molecule has 3 rings (SSSR count). The van der Waals surface area contributed by atoms with Crippen LogP contribution in [0.3, 0.4) is 0 Å². The Bertz CT molecular complexity index is 448. The lowest BCUT2D eigenvalue weighted by Gasteiger charge is -2.16. The summed E-state index contributed by atoms with van der Waals surface area (Å²) in [6.07, 6.45) is 5.47.